The summed E-state index contributed by atoms with van der Waals surface area (Å²) in [5.74, 6) is 1.01. The lowest BCUT2D eigenvalue weighted by Gasteiger charge is -2.17. The first-order chi connectivity index (χ1) is 11.5. The third-order valence-corrected chi connectivity index (χ3v) is 5.24. The number of carbonyl (C=O) groups excluding carboxylic acids is 3. The van der Waals surface area contributed by atoms with E-state index >= 15 is 0 Å². The molecule has 0 aliphatic carbocycles. The van der Waals surface area contributed by atoms with Gasteiger partial charge in [-0.2, -0.15) is 0 Å². The Bertz CT molecular complexity index is 548. The lowest BCUT2D eigenvalue weighted by Crippen LogP contribution is -2.47. The summed E-state index contributed by atoms with van der Waals surface area (Å²) in [6.45, 7) is 4.13. The van der Waals surface area contributed by atoms with Crippen molar-refractivity contribution in [2.45, 2.75) is 32.7 Å². The third kappa shape index (κ3) is 7.17. The second kappa shape index (κ2) is 10.9. The molecule has 0 spiro atoms. The van der Waals surface area contributed by atoms with E-state index in [1.807, 2.05) is 43.5 Å². The second-order valence-corrected chi connectivity index (χ2v) is 7.84. The molecular weight excluding hydrogens is 324 g/mol. The maximum Gasteiger partial charge on any atom is 0.242 e. The highest BCUT2D eigenvalue weighted by Gasteiger charge is 2.25. The van der Waals surface area contributed by atoms with Crippen LogP contribution in [-0.2, 0) is 20.5 Å². The predicted molar refractivity (Wildman–Crippen MR) is 99.3 cm³/mol. The first-order valence-electron chi connectivity index (χ1n) is 8.22. The molecule has 0 aliphatic heterocycles. The fourth-order valence-electron chi connectivity index (χ4n) is 2.19. The Balaban J connectivity index is 2.53. The van der Waals surface area contributed by atoms with Crippen molar-refractivity contribution in [3.05, 3.63) is 35.9 Å². The predicted octanol–water partition coefficient (Wildman–Crippen LogP) is 1.54. The topological polar surface area (TPSA) is 75.3 Å². The highest BCUT2D eigenvalue weighted by atomic mass is 32.2. The van der Waals surface area contributed by atoms with Crippen LogP contribution in [0.3, 0.4) is 0 Å². The number of Topliss-reactive ketones (excluding diaryl/α,β-unsaturated/α-hetero) is 1. The molecule has 132 valence electrons. The van der Waals surface area contributed by atoms with Gasteiger partial charge in [0.2, 0.25) is 17.6 Å². The Hall–Kier alpha value is -1.82. The van der Waals surface area contributed by atoms with Crippen molar-refractivity contribution in [3.63, 3.8) is 0 Å². The van der Waals surface area contributed by atoms with Crippen LogP contribution in [0.15, 0.2) is 30.3 Å². The summed E-state index contributed by atoms with van der Waals surface area (Å²) >= 11 is 0. The summed E-state index contributed by atoms with van der Waals surface area (Å²) in [6.07, 6.45) is 2.91. The molecule has 0 aromatic heterocycles. The fourth-order valence-corrected chi connectivity index (χ4v) is 3.58. The van der Waals surface area contributed by atoms with Crippen molar-refractivity contribution in [1.82, 2.24) is 10.6 Å². The van der Waals surface area contributed by atoms with Crippen LogP contribution in [0.1, 0.15) is 37.0 Å². The average Bonchev–Trinajstić information content (AvgIpc) is 2.59. The lowest BCUT2D eigenvalue weighted by molar-refractivity contribution is -0.128. The van der Waals surface area contributed by atoms with Crippen molar-refractivity contribution in [3.8, 4) is 0 Å². The van der Waals surface area contributed by atoms with Gasteiger partial charge in [-0.3, -0.25) is 14.4 Å². The number of hydrogen-bond acceptors (Lipinski definition) is 3. The van der Waals surface area contributed by atoms with Crippen molar-refractivity contribution >= 4 is 28.5 Å². The van der Waals surface area contributed by atoms with Gasteiger partial charge in [-0.25, -0.2) is 0 Å². The Morgan fingerprint density at radius 3 is 2.38 bits per heavy atom. The molecule has 2 amide bonds. The van der Waals surface area contributed by atoms with E-state index in [1.165, 1.54) is 0 Å². The first kappa shape index (κ1) is 20.2. The molecule has 0 saturated carbocycles. The van der Waals surface area contributed by atoms with Crippen LogP contribution in [0.5, 0.6) is 0 Å². The Labute approximate surface area is 146 Å². The minimum absolute atomic E-state index is 0.119. The summed E-state index contributed by atoms with van der Waals surface area (Å²) in [7, 11) is -0.139. The molecule has 6 heteroatoms. The molecule has 1 aromatic rings. The van der Waals surface area contributed by atoms with Gasteiger partial charge < -0.3 is 10.6 Å². The number of carbonyl (C=O) groups is 3. The van der Waals surface area contributed by atoms with E-state index in [-0.39, 0.29) is 28.5 Å². The van der Waals surface area contributed by atoms with E-state index in [2.05, 4.69) is 10.6 Å². The summed E-state index contributed by atoms with van der Waals surface area (Å²) in [6, 6.07) is 8.70. The van der Waals surface area contributed by atoms with Gasteiger partial charge in [-0.15, -0.1) is 0 Å². The first-order valence-corrected chi connectivity index (χ1v) is 10.2. The molecule has 5 nitrogen and oxygen atoms in total. The molecule has 0 saturated heterocycles. The molecule has 0 fully saturated rings. The number of likely N-dealkylation sites (N-methyl/N-ethyl adjacent to an activating group) is 1. The molecule has 2 unspecified atom stereocenters. The number of rotatable bonds is 10. The molecule has 0 heterocycles. The number of amides is 2. The van der Waals surface area contributed by atoms with Gasteiger partial charge >= 0.3 is 0 Å². The molecule has 0 aliphatic rings. The maximum absolute atomic E-state index is 12.2. The van der Waals surface area contributed by atoms with E-state index in [4.69, 9.17) is 0 Å². The minimum Gasteiger partial charge on any atom is -0.355 e. The lowest BCUT2D eigenvalue weighted by atomic mass is 10.2. The van der Waals surface area contributed by atoms with Gasteiger partial charge in [0.25, 0.3) is 0 Å². The summed E-state index contributed by atoms with van der Waals surface area (Å²) in [5.41, 5.74) is 0.719. The third-order valence-electron chi connectivity index (χ3n) is 3.55. The highest BCUT2D eigenvalue weighted by Crippen LogP contribution is 2.06. The Morgan fingerprint density at radius 2 is 1.79 bits per heavy atom. The van der Waals surface area contributed by atoms with Crippen LogP contribution in [0, 0.1) is 0 Å². The highest BCUT2D eigenvalue weighted by molar-refractivity contribution is 7.96. The van der Waals surface area contributed by atoms with Crippen molar-refractivity contribution in [2.24, 2.45) is 0 Å². The van der Waals surface area contributed by atoms with Crippen molar-refractivity contribution < 1.29 is 14.4 Å². The molecule has 0 bridgehead atoms. The zero-order valence-electron chi connectivity index (χ0n) is 14.6. The van der Waals surface area contributed by atoms with E-state index in [0.717, 1.165) is 11.3 Å². The van der Waals surface area contributed by atoms with Gasteiger partial charge in [0.15, 0.2) is 5.75 Å². The standard InChI is InChI=1S/C18H26N2O3S/c1-4-17(22)20-15(18(23)19-5-2)11-12-24(3)13-16(21)14-9-7-6-8-10-14/h6-10,15H,4-5,11-13H2,1-3H3,(H-,19,20,22,23)/p+1. The van der Waals surface area contributed by atoms with Crippen LogP contribution in [0.4, 0.5) is 0 Å². The van der Waals surface area contributed by atoms with Gasteiger partial charge in [-0.1, -0.05) is 37.3 Å². The van der Waals surface area contributed by atoms with Gasteiger partial charge in [-0.05, 0) is 17.8 Å². The largest absolute Gasteiger partial charge is 0.355 e. The number of nitrogens with one attached hydrogen (secondary N) is 2. The van der Waals surface area contributed by atoms with Gasteiger partial charge in [0.1, 0.15) is 11.8 Å². The second-order valence-electron chi connectivity index (χ2n) is 5.58. The summed E-state index contributed by atoms with van der Waals surface area (Å²) < 4.78 is 0. The Morgan fingerprint density at radius 1 is 1.12 bits per heavy atom. The van der Waals surface area contributed by atoms with Crippen molar-refractivity contribution in [1.29, 1.82) is 0 Å². The van der Waals surface area contributed by atoms with E-state index in [1.54, 1.807) is 6.92 Å². The van der Waals surface area contributed by atoms with Crippen molar-refractivity contribution in [2.75, 3.05) is 24.3 Å². The number of benzene rings is 1. The van der Waals surface area contributed by atoms with Crippen LogP contribution in [0.2, 0.25) is 0 Å². The van der Waals surface area contributed by atoms with E-state index in [0.29, 0.717) is 25.1 Å². The van der Waals surface area contributed by atoms with Crippen LogP contribution < -0.4 is 10.6 Å². The molecule has 1 rings (SSSR count). The zero-order valence-corrected chi connectivity index (χ0v) is 15.4. The monoisotopic (exact) mass is 351 g/mol. The normalized spacial score (nSPS) is 13.0. The average molecular weight is 351 g/mol. The molecule has 24 heavy (non-hydrogen) atoms. The maximum atomic E-state index is 12.2. The number of hydrogen-bond donors (Lipinski definition) is 2. The zero-order chi connectivity index (χ0) is 17.9. The molecular formula is C18H27N2O3S+. The van der Waals surface area contributed by atoms with Crippen LogP contribution >= 0.6 is 0 Å². The molecule has 1 aromatic carbocycles. The van der Waals surface area contributed by atoms with Gasteiger partial charge in [0, 0.05) is 24.9 Å². The SMILES string of the molecule is CCNC(=O)C(CC[S+](C)CC(=O)c1ccccc1)NC(=O)CC. The smallest absolute Gasteiger partial charge is 0.242 e. The van der Waals surface area contributed by atoms with Crippen LogP contribution in [-0.4, -0.2) is 47.9 Å². The fraction of sp³-hybridized carbons (Fsp3) is 0.500. The van der Waals surface area contributed by atoms with E-state index < -0.39 is 6.04 Å². The van der Waals surface area contributed by atoms with Gasteiger partial charge in [0.05, 0.1) is 6.26 Å². The number of ketones is 1. The van der Waals surface area contributed by atoms with Crippen LogP contribution in [0.25, 0.3) is 0 Å². The quantitative estimate of drug-likeness (QED) is 0.496. The molecule has 2 N–H and O–H groups in total. The summed E-state index contributed by atoms with van der Waals surface area (Å²) in [4.78, 5) is 35.9. The summed E-state index contributed by atoms with van der Waals surface area (Å²) in [5, 5.41) is 5.51. The minimum atomic E-state index is -0.529. The van der Waals surface area contributed by atoms with E-state index in [9.17, 15) is 14.4 Å². The molecule has 2 atom stereocenters. The Kier molecular flexibility index (Phi) is 9.15. The molecule has 0 radical (unpaired) electrons.